The highest BCUT2D eigenvalue weighted by atomic mass is 16.5. The topological polar surface area (TPSA) is 89.5 Å². The Hall–Kier alpha value is -3.87. The van der Waals surface area contributed by atoms with Crippen LogP contribution in [0.1, 0.15) is 26.4 Å². The van der Waals surface area contributed by atoms with Gasteiger partial charge in [0.15, 0.2) is 0 Å². The van der Waals surface area contributed by atoms with Crippen LogP contribution in [0, 0.1) is 0 Å². The van der Waals surface area contributed by atoms with Gasteiger partial charge in [-0.2, -0.15) is 0 Å². The zero-order valence-electron chi connectivity index (χ0n) is 16.1. The molecule has 0 fully saturated rings. The van der Waals surface area contributed by atoms with E-state index in [9.17, 15) is 9.59 Å². The van der Waals surface area contributed by atoms with Gasteiger partial charge in [0.2, 0.25) is 0 Å². The lowest BCUT2D eigenvalue weighted by molar-refractivity contribution is 0.0601. The Morgan fingerprint density at radius 1 is 1.00 bits per heavy atom. The molecule has 0 atom stereocenters. The molecule has 0 aliphatic rings. The van der Waals surface area contributed by atoms with Gasteiger partial charge in [0.25, 0.3) is 5.91 Å². The van der Waals surface area contributed by atoms with Crippen molar-refractivity contribution in [1.29, 1.82) is 0 Å². The summed E-state index contributed by atoms with van der Waals surface area (Å²) in [7, 11) is 2.92. The van der Waals surface area contributed by atoms with Crippen LogP contribution >= 0.6 is 0 Å². The molecule has 3 rings (SSSR count). The first-order chi connectivity index (χ1) is 14.1. The Morgan fingerprint density at radius 3 is 2.55 bits per heavy atom. The molecule has 7 nitrogen and oxygen atoms in total. The second-order valence-electron chi connectivity index (χ2n) is 6.09. The Morgan fingerprint density at radius 2 is 1.76 bits per heavy atom. The summed E-state index contributed by atoms with van der Waals surface area (Å²) in [4.78, 5) is 28.6. The van der Waals surface area contributed by atoms with Crippen molar-refractivity contribution < 1.29 is 19.1 Å². The molecule has 0 bridgehead atoms. The van der Waals surface area contributed by atoms with Crippen LogP contribution in [0.25, 0.3) is 0 Å². The average Bonchev–Trinajstić information content (AvgIpc) is 2.77. The summed E-state index contributed by atoms with van der Waals surface area (Å²) in [6.07, 6.45) is 1.53. The van der Waals surface area contributed by atoms with Crippen LogP contribution < -0.4 is 15.4 Å². The number of nitrogens with one attached hydrogen (secondary N) is 2. The number of pyridine rings is 1. The summed E-state index contributed by atoms with van der Waals surface area (Å²) in [5, 5.41) is 5.97. The fourth-order valence-electron chi connectivity index (χ4n) is 2.78. The van der Waals surface area contributed by atoms with Gasteiger partial charge < -0.3 is 20.1 Å². The van der Waals surface area contributed by atoms with E-state index in [1.54, 1.807) is 43.5 Å². The van der Waals surface area contributed by atoms with E-state index in [1.807, 2.05) is 24.3 Å². The van der Waals surface area contributed by atoms with Crippen molar-refractivity contribution in [1.82, 2.24) is 10.3 Å². The summed E-state index contributed by atoms with van der Waals surface area (Å²) < 4.78 is 10.1. The van der Waals surface area contributed by atoms with E-state index in [0.717, 1.165) is 5.56 Å². The van der Waals surface area contributed by atoms with E-state index in [4.69, 9.17) is 9.47 Å². The van der Waals surface area contributed by atoms with Crippen molar-refractivity contribution in [2.45, 2.75) is 6.54 Å². The molecule has 1 aromatic heterocycles. The highest BCUT2D eigenvalue weighted by Crippen LogP contribution is 2.22. The molecule has 2 aromatic carbocycles. The number of ether oxygens (including phenoxy) is 2. The molecule has 1 amide bonds. The SMILES string of the molecule is COC(=O)c1ccccc1Nc1ccnc(C(=O)NCc2ccccc2OC)c1. The van der Waals surface area contributed by atoms with Gasteiger partial charge in [-0.05, 0) is 30.3 Å². The summed E-state index contributed by atoms with van der Waals surface area (Å²) >= 11 is 0. The fraction of sp³-hybridized carbons (Fsp3) is 0.136. The van der Waals surface area contributed by atoms with Crippen LogP contribution in [-0.2, 0) is 11.3 Å². The molecule has 3 aromatic rings. The van der Waals surface area contributed by atoms with Gasteiger partial charge in [-0.25, -0.2) is 4.79 Å². The van der Waals surface area contributed by atoms with Gasteiger partial charge in [0.1, 0.15) is 11.4 Å². The first-order valence-electron chi connectivity index (χ1n) is 8.93. The number of hydrogen-bond acceptors (Lipinski definition) is 6. The van der Waals surface area contributed by atoms with Crippen LogP contribution in [0.2, 0.25) is 0 Å². The summed E-state index contributed by atoms with van der Waals surface area (Å²) in [5.41, 5.74) is 2.71. The monoisotopic (exact) mass is 391 g/mol. The molecule has 2 N–H and O–H groups in total. The van der Waals surface area contributed by atoms with Gasteiger partial charge in [0, 0.05) is 24.0 Å². The Kier molecular flexibility index (Phi) is 6.42. The average molecular weight is 391 g/mol. The smallest absolute Gasteiger partial charge is 0.339 e. The van der Waals surface area contributed by atoms with Crippen LogP contribution in [-0.4, -0.2) is 31.1 Å². The highest BCUT2D eigenvalue weighted by molar-refractivity contribution is 5.97. The first kappa shape index (κ1) is 19.9. The molecule has 0 spiro atoms. The summed E-state index contributed by atoms with van der Waals surface area (Å²) in [6.45, 7) is 0.313. The second-order valence-corrected chi connectivity index (χ2v) is 6.09. The Bertz CT molecular complexity index is 1020. The number of esters is 1. The van der Waals surface area contributed by atoms with E-state index in [-0.39, 0.29) is 11.6 Å². The number of nitrogens with zero attached hydrogens (tertiary/aromatic N) is 1. The van der Waals surface area contributed by atoms with Gasteiger partial charge in [0.05, 0.1) is 25.5 Å². The number of carbonyl (C=O) groups is 2. The van der Waals surface area contributed by atoms with Crippen molar-refractivity contribution >= 4 is 23.3 Å². The second kappa shape index (κ2) is 9.36. The third-order valence-corrected chi connectivity index (χ3v) is 4.24. The van der Waals surface area contributed by atoms with Crippen molar-refractivity contribution in [2.24, 2.45) is 0 Å². The van der Waals surface area contributed by atoms with E-state index < -0.39 is 5.97 Å². The maximum Gasteiger partial charge on any atom is 0.339 e. The lowest BCUT2D eigenvalue weighted by atomic mass is 10.1. The molecule has 0 aliphatic carbocycles. The number of aromatic nitrogens is 1. The normalized spacial score (nSPS) is 10.1. The van der Waals surface area contributed by atoms with E-state index in [2.05, 4.69) is 15.6 Å². The van der Waals surface area contributed by atoms with Gasteiger partial charge in [-0.15, -0.1) is 0 Å². The predicted molar refractivity (Wildman–Crippen MR) is 109 cm³/mol. The van der Waals surface area contributed by atoms with Crippen LogP contribution in [0.3, 0.4) is 0 Å². The molecular weight excluding hydrogens is 370 g/mol. The maximum atomic E-state index is 12.5. The Balaban J connectivity index is 1.73. The molecule has 29 heavy (non-hydrogen) atoms. The number of amides is 1. The van der Waals surface area contributed by atoms with Crippen molar-refractivity contribution in [2.75, 3.05) is 19.5 Å². The number of hydrogen-bond donors (Lipinski definition) is 2. The molecule has 7 heteroatoms. The van der Waals surface area contributed by atoms with Crippen LogP contribution in [0.5, 0.6) is 5.75 Å². The minimum absolute atomic E-state index is 0.250. The highest BCUT2D eigenvalue weighted by Gasteiger charge is 2.13. The standard InChI is InChI=1S/C22H21N3O4/c1-28-20-10-6-3-7-15(20)14-24-21(26)19-13-16(11-12-23-19)25-18-9-5-4-8-17(18)22(27)29-2/h3-13H,14H2,1-2H3,(H,23,25)(H,24,26). The summed E-state index contributed by atoms with van der Waals surface area (Å²) in [5.74, 6) is -0.0617. The number of methoxy groups -OCH3 is 2. The molecule has 0 saturated carbocycles. The molecule has 1 heterocycles. The quantitative estimate of drug-likeness (QED) is 0.599. The minimum atomic E-state index is -0.447. The van der Waals surface area contributed by atoms with Crippen molar-refractivity contribution in [3.8, 4) is 5.75 Å². The van der Waals surface area contributed by atoms with Gasteiger partial charge in [-0.1, -0.05) is 30.3 Å². The number of carbonyl (C=O) groups excluding carboxylic acids is 2. The van der Waals surface area contributed by atoms with E-state index >= 15 is 0 Å². The fourth-order valence-corrected chi connectivity index (χ4v) is 2.78. The minimum Gasteiger partial charge on any atom is -0.496 e. The number of anilines is 2. The zero-order valence-corrected chi connectivity index (χ0v) is 16.1. The molecular formula is C22H21N3O4. The largest absolute Gasteiger partial charge is 0.496 e. The third-order valence-electron chi connectivity index (χ3n) is 4.24. The molecule has 0 aliphatic heterocycles. The lowest BCUT2D eigenvalue weighted by Gasteiger charge is -2.12. The third kappa shape index (κ3) is 4.90. The first-order valence-corrected chi connectivity index (χ1v) is 8.93. The number of rotatable bonds is 7. The van der Waals surface area contributed by atoms with Crippen molar-refractivity contribution in [3.05, 3.63) is 83.7 Å². The van der Waals surface area contributed by atoms with E-state index in [1.165, 1.54) is 13.3 Å². The van der Waals surface area contributed by atoms with Crippen LogP contribution in [0.15, 0.2) is 66.9 Å². The molecule has 0 radical (unpaired) electrons. The molecule has 0 unspecified atom stereocenters. The maximum absolute atomic E-state index is 12.5. The Labute approximate surface area is 168 Å². The lowest BCUT2D eigenvalue weighted by Crippen LogP contribution is -2.24. The summed E-state index contributed by atoms with van der Waals surface area (Å²) in [6, 6.07) is 17.8. The number of para-hydroxylation sites is 2. The van der Waals surface area contributed by atoms with Crippen LogP contribution in [0.4, 0.5) is 11.4 Å². The van der Waals surface area contributed by atoms with E-state index in [0.29, 0.717) is 29.2 Å². The number of benzene rings is 2. The van der Waals surface area contributed by atoms with Gasteiger partial charge in [-0.3, -0.25) is 9.78 Å². The van der Waals surface area contributed by atoms with Crippen molar-refractivity contribution in [3.63, 3.8) is 0 Å². The molecule has 148 valence electrons. The predicted octanol–water partition coefficient (Wildman–Crippen LogP) is 3.55. The molecule has 0 saturated heterocycles. The zero-order chi connectivity index (χ0) is 20.6. The van der Waals surface area contributed by atoms with Gasteiger partial charge >= 0.3 is 5.97 Å².